The molecule has 17 heavy (non-hydrogen) atoms. The van der Waals surface area contributed by atoms with Gasteiger partial charge in [0.2, 0.25) is 0 Å². The van der Waals surface area contributed by atoms with Gasteiger partial charge in [0.1, 0.15) is 5.82 Å². The molecule has 0 aliphatic heterocycles. The molecule has 92 valence electrons. The molecule has 0 heterocycles. The van der Waals surface area contributed by atoms with E-state index in [-0.39, 0.29) is 5.56 Å². The molecule has 0 bridgehead atoms. The van der Waals surface area contributed by atoms with E-state index in [1.54, 1.807) is 0 Å². The molecule has 1 fully saturated rings. The van der Waals surface area contributed by atoms with Crippen molar-refractivity contribution < 1.29 is 13.9 Å². The van der Waals surface area contributed by atoms with Crippen LogP contribution in [0.2, 0.25) is 5.02 Å². The molecule has 2 rings (SSSR count). The van der Waals surface area contributed by atoms with E-state index in [2.05, 4.69) is 0 Å². The molecule has 1 saturated carbocycles. The maximum Gasteiger partial charge on any atom is 0.341 e. The number of hydrogen-bond donors (Lipinski definition) is 0. The predicted molar refractivity (Wildman–Crippen MR) is 63.7 cm³/mol. The summed E-state index contributed by atoms with van der Waals surface area (Å²) in [5, 5.41) is 0.333. The van der Waals surface area contributed by atoms with E-state index in [0.717, 1.165) is 12.8 Å². The number of benzene rings is 1. The molecular formula is C13H14ClFO2. The second-order valence-corrected chi connectivity index (χ2v) is 4.81. The van der Waals surface area contributed by atoms with Gasteiger partial charge in [0, 0.05) is 5.02 Å². The first-order valence-electron chi connectivity index (χ1n) is 5.79. The number of carbonyl (C=O) groups excluding carboxylic acids is 1. The Bertz CT molecular complexity index is 414. The Morgan fingerprint density at radius 1 is 1.41 bits per heavy atom. The molecular weight excluding hydrogens is 243 g/mol. The average Bonchev–Trinajstić information content (AvgIpc) is 2.82. The molecule has 0 saturated heterocycles. The Morgan fingerprint density at radius 3 is 2.82 bits per heavy atom. The van der Waals surface area contributed by atoms with Crippen LogP contribution in [0.5, 0.6) is 0 Å². The normalized spacial score (nSPS) is 16.1. The lowest BCUT2D eigenvalue weighted by Gasteiger charge is -2.10. The van der Waals surface area contributed by atoms with Crippen molar-refractivity contribution in [2.75, 3.05) is 6.61 Å². The highest BCUT2D eigenvalue weighted by atomic mass is 35.5. The van der Waals surface area contributed by atoms with Gasteiger partial charge in [-0.2, -0.15) is 0 Å². The van der Waals surface area contributed by atoms with Crippen molar-refractivity contribution in [3.63, 3.8) is 0 Å². The van der Waals surface area contributed by atoms with Crippen LogP contribution in [0.3, 0.4) is 0 Å². The van der Waals surface area contributed by atoms with Gasteiger partial charge < -0.3 is 4.74 Å². The van der Waals surface area contributed by atoms with E-state index in [1.807, 2.05) is 0 Å². The van der Waals surface area contributed by atoms with Crippen LogP contribution in [0.1, 0.15) is 36.0 Å². The van der Waals surface area contributed by atoms with Gasteiger partial charge in [-0.1, -0.05) is 24.4 Å². The largest absolute Gasteiger partial charge is 0.462 e. The third kappa shape index (κ3) is 3.19. The second-order valence-electron chi connectivity index (χ2n) is 4.37. The first-order valence-corrected chi connectivity index (χ1v) is 6.17. The van der Waals surface area contributed by atoms with E-state index >= 15 is 0 Å². The van der Waals surface area contributed by atoms with Crippen molar-refractivity contribution in [2.24, 2.45) is 5.92 Å². The van der Waals surface area contributed by atoms with Crippen LogP contribution in [0, 0.1) is 11.7 Å². The van der Waals surface area contributed by atoms with Gasteiger partial charge in [-0.05, 0) is 37.0 Å². The Kier molecular flexibility index (Phi) is 4.00. The number of halogens is 2. The molecule has 0 N–H and O–H groups in total. The van der Waals surface area contributed by atoms with Gasteiger partial charge in [-0.15, -0.1) is 0 Å². The summed E-state index contributed by atoms with van der Waals surface area (Å²) in [6, 6.07) is 3.88. The fourth-order valence-corrected chi connectivity index (χ4v) is 2.27. The van der Waals surface area contributed by atoms with Crippen LogP contribution in [-0.2, 0) is 4.74 Å². The minimum absolute atomic E-state index is 0.0875. The third-order valence-corrected chi connectivity index (χ3v) is 3.31. The quantitative estimate of drug-likeness (QED) is 0.769. The highest BCUT2D eigenvalue weighted by Gasteiger charge is 2.19. The molecule has 1 aliphatic rings. The van der Waals surface area contributed by atoms with E-state index in [1.165, 1.54) is 31.0 Å². The van der Waals surface area contributed by atoms with E-state index in [9.17, 15) is 9.18 Å². The van der Waals surface area contributed by atoms with Crippen LogP contribution >= 0.6 is 11.6 Å². The summed E-state index contributed by atoms with van der Waals surface area (Å²) in [7, 11) is 0. The molecule has 0 aromatic heterocycles. The standard InChI is InChI=1S/C13H14ClFO2/c14-10-5-6-12(15)11(7-10)13(16)17-8-9-3-1-2-4-9/h5-7,9H,1-4,8H2. The first kappa shape index (κ1) is 12.4. The minimum Gasteiger partial charge on any atom is -0.462 e. The fourth-order valence-electron chi connectivity index (χ4n) is 2.10. The predicted octanol–water partition coefficient (Wildman–Crippen LogP) is 3.83. The van der Waals surface area contributed by atoms with Crippen LogP contribution in [-0.4, -0.2) is 12.6 Å². The smallest absolute Gasteiger partial charge is 0.341 e. The summed E-state index contributed by atoms with van der Waals surface area (Å²) in [6.45, 7) is 0.380. The topological polar surface area (TPSA) is 26.3 Å². The highest BCUT2D eigenvalue weighted by molar-refractivity contribution is 6.30. The molecule has 1 aromatic rings. The summed E-state index contributed by atoms with van der Waals surface area (Å²) >= 11 is 5.71. The number of rotatable bonds is 3. The number of hydrogen-bond acceptors (Lipinski definition) is 2. The van der Waals surface area contributed by atoms with Crippen molar-refractivity contribution in [1.82, 2.24) is 0 Å². The monoisotopic (exact) mass is 256 g/mol. The minimum atomic E-state index is -0.628. The summed E-state index contributed by atoms with van der Waals surface area (Å²) in [5.41, 5.74) is -0.0875. The molecule has 0 radical (unpaired) electrons. The van der Waals surface area contributed by atoms with Crippen molar-refractivity contribution in [1.29, 1.82) is 0 Å². The fraction of sp³-hybridized carbons (Fsp3) is 0.462. The van der Waals surface area contributed by atoms with Gasteiger partial charge >= 0.3 is 5.97 Å². The summed E-state index contributed by atoms with van der Waals surface area (Å²) in [5.74, 6) is -0.788. The zero-order valence-electron chi connectivity index (χ0n) is 9.42. The first-order chi connectivity index (χ1) is 8.16. The van der Waals surface area contributed by atoms with Crippen molar-refractivity contribution in [3.05, 3.63) is 34.6 Å². The van der Waals surface area contributed by atoms with E-state index in [0.29, 0.717) is 17.5 Å². The van der Waals surface area contributed by atoms with Crippen LogP contribution in [0.4, 0.5) is 4.39 Å². The van der Waals surface area contributed by atoms with E-state index in [4.69, 9.17) is 16.3 Å². The number of ether oxygens (including phenoxy) is 1. The summed E-state index contributed by atoms with van der Waals surface area (Å²) < 4.78 is 18.5. The van der Waals surface area contributed by atoms with Gasteiger partial charge in [-0.3, -0.25) is 0 Å². The van der Waals surface area contributed by atoms with Gasteiger partial charge in [0.05, 0.1) is 12.2 Å². The summed E-state index contributed by atoms with van der Waals surface area (Å²) in [6.07, 6.45) is 4.55. The maximum atomic E-state index is 13.4. The molecule has 0 spiro atoms. The molecule has 4 heteroatoms. The Balaban J connectivity index is 1.96. The average molecular weight is 257 g/mol. The van der Waals surface area contributed by atoms with Crippen LogP contribution in [0.25, 0.3) is 0 Å². The van der Waals surface area contributed by atoms with Crippen molar-refractivity contribution in [2.45, 2.75) is 25.7 Å². The van der Waals surface area contributed by atoms with Gasteiger partial charge in [0.25, 0.3) is 0 Å². The zero-order valence-corrected chi connectivity index (χ0v) is 10.2. The van der Waals surface area contributed by atoms with Gasteiger partial charge in [0.15, 0.2) is 0 Å². The lowest BCUT2D eigenvalue weighted by molar-refractivity contribution is 0.0437. The number of esters is 1. The van der Waals surface area contributed by atoms with Crippen molar-refractivity contribution >= 4 is 17.6 Å². The highest BCUT2D eigenvalue weighted by Crippen LogP contribution is 2.25. The number of carbonyl (C=O) groups is 1. The molecule has 0 amide bonds. The Hall–Kier alpha value is -1.09. The van der Waals surface area contributed by atoms with E-state index < -0.39 is 11.8 Å². The lowest BCUT2D eigenvalue weighted by Crippen LogP contribution is -2.13. The third-order valence-electron chi connectivity index (χ3n) is 3.07. The SMILES string of the molecule is O=C(OCC1CCCC1)c1cc(Cl)ccc1F. The van der Waals surface area contributed by atoms with Crippen LogP contribution in [0.15, 0.2) is 18.2 Å². The molecule has 1 aromatic carbocycles. The summed E-state index contributed by atoms with van der Waals surface area (Å²) in [4.78, 5) is 11.7. The molecule has 0 atom stereocenters. The molecule has 0 unspecified atom stereocenters. The van der Waals surface area contributed by atoms with Gasteiger partial charge in [-0.25, -0.2) is 9.18 Å². The second kappa shape index (κ2) is 5.50. The Morgan fingerprint density at radius 2 is 2.12 bits per heavy atom. The molecule has 1 aliphatic carbocycles. The van der Waals surface area contributed by atoms with Crippen LogP contribution < -0.4 is 0 Å². The Labute approximate surface area is 105 Å². The maximum absolute atomic E-state index is 13.4. The van der Waals surface area contributed by atoms with Crippen molar-refractivity contribution in [3.8, 4) is 0 Å². The lowest BCUT2D eigenvalue weighted by atomic mass is 10.1. The zero-order chi connectivity index (χ0) is 12.3. The molecule has 2 nitrogen and oxygen atoms in total.